The van der Waals surface area contributed by atoms with Gasteiger partial charge in [-0.25, -0.2) is 0 Å². The van der Waals surface area contributed by atoms with E-state index in [-0.39, 0.29) is 0 Å². The first-order valence-corrected chi connectivity index (χ1v) is 10.6. The zero-order chi connectivity index (χ0) is 18.6. The maximum Gasteiger partial charge on any atom is 0.115 e. The van der Waals surface area contributed by atoms with Gasteiger partial charge in [0.2, 0.25) is 0 Å². The summed E-state index contributed by atoms with van der Waals surface area (Å²) in [6.45, 7) is 5.04. The number of hydrogen-bond donors (Lipinski definition) is 1. The Hall–Kier alpha value is -2.02. The zero-order valence-corrected chi connectivity index (χ0v) is 16.5. The monoisotopic (exact) mass is 358 g/mol. The van der Waals surface area contributed by atoms with Gasteiger partial charge in [-0.3, -0.25) is 0 Å². The molecular formula is C26H30O. The molecule has 0 amide bonds. The smallest absolute Gasteiger partial charge is 0.115 e. The van der Waals surface area contributed by atoms with Crippen LogP contribution in [0.4, 0.5) is 0 Å². The molecule has 1 nitrogen and oxygen atoms in total. The molecule has 2 saturated carbocycles. The number of benzene rings is 2. The number of phenolic OH excluding ortho intramolecular Hbond substituents is 1. The van der Waals surface area contributed by atoms with Crippen molar-refractivity contribution in [2.75, 3.05) is 0 Å². The van der Waals surface area contributed by atoms with Gasteiger partial charge in [-0.2, -0.15) is 0 Å². The summed E-state index contributed by atoms with van der Waals surface area (Å²) in [7, 11) is 0. The lowest BCUT2D eigenvalue weighted by Gasteiger charge is -2.50. The summed E-state index contributed by atoms with van der Waals surface area (Å²) in [6.07, 6.45) is 8.78. The molecule has 0 aliphatic heterocycles. The highest BCUT2D eigenvalue weighted by Gasteiger charge is 2.54. The molecule has 2 aromatic rings. The van der Waals surface area contributed by atoms with Crippen molar-refractivity contribution in [2.24, 2.45) is 23.2 Å². The minimum Gasteiger partial charge on any atom is -0.508 e. The zero-order valence-electron chi connectivity index (χ0n) is 16.5. The van der Waals surface area contributed by atoms with Crippen LogP contribution in [0.2, 0.25) is 0 Å². The van der Waals surface area contributed by atoms with Crippen LogP contribution in [0.1, 0.15) is 62.1 Å². The maximum absolute atomic E-state index is 9.88. The third-order valence-electron chi connectivity index (χ3n) is 8.30. The van der Waals surface area contributed by atoms with Crippen LogP contribution in [0.15, 0.2) is 54.1 Å². The van der Waals surface area contributed by atoms with Crippen molar-refractivity contribution in [1.82, 2.24) is 0 Å². The molecule has 5 rings (SSSR count). The van der Waals surface area contributed by atoms with Gasteiger partial charge in [0.1, 0.15) is 5.75 Å². The van der Waals surface area contributed by atoms with E-state index in [1.54, 1.807) is 5.57 Å². The van der Waals surface area contributed by atoms with Gasteiger partial charge >= 0.3 is 0 Å². The summed E-state index contributed by atoms with van der Waals surface area (Å²) in [5, 5.41) is 9.88. The second-order valence-corrected chi connectivity index (χ2v) is 9.40. The van der Waals surface area contributed by atoms with Crippen molar-refractivity contribution in [1.29, 1.82) is 0 Å². The Bertz CT molecular complexity index is 880. The van der Waals surface area contributed by atoms with E-state index in [1.807, 2.05) is 12.1 Å². The number of aryl methyl sites for hydroxylation is 1. The largest absolute Gasteiger partial charge is 0.508 e. The van der Waals surface area contributed by atoms with Gasteiger partial charge in [0, 0.05) is 0 Å². The third kappa shape index (κ3) is 2.66. The fourth-order valence-electron chi connectivity index (χ4n) is 6.64. The Morgan fingerprint density at radius 3 is 2.70 bits per heavy atom. The molecule has 1 heteroatoms. The molecule has 0 aromatic heterocycles. The van der Waals surface area contributed by atoms with Crippen molar-refractivity contribution < 1.29 is 5.11 Å². The van der Waals surface area contributed by atoms with Gasteiger partial charge in [0.25, 0.3) is 0 Å². The van der Waals surface area contributed by atoms with Gasteiger partial charge in [-0.05, 0) is 90.0 Å². The van der Waals surface area contributed by atoms with Crippen LogP contribution in [-0.2, 0) is 6.42 Å². The number of phenols is 1. The molecule has 0 heterocycles. The molecular weight excluding hydrogens is 328 g/mol. The first-order valence-electron chi connectivity index (χ1n) is 10.6. The molecule has 0 spiro atoms. The highest BCUT2D eigenvalue weighted by atomic mass is 16.3. The van der Waals surface area contributed by atoms with Crippen molar-refractivity contribution in [2.45, 2.75) is 51.9 Å². The summed E-state index contributed by atoms with van der Waals surface area (Å²) in [5.74, 6) is 3.38. The lowest BCUT2D eigenvalue weighted by atomic mass is 9.54. The molecule has 3 aliphatic carbocycles. The Kier molecular flexibility index (Phi) is 3.96. The van der Waals surface area contributed by atoms with Crippen molar-refractivity contribution >= 4 is 6.08 Å². The average Bonchev–Trinajstić information content (AvgIpc) is 2.93. The van der Waals surface area contributed by atoms with Gasteiger partial charge in [0.05, 0.1) is 0 Å². The average molecular weight is 359 g/mol. The molecule has 3 aliphatic rings. The lowest BCUT2D eigenvalue weighted by molar-refractivity contribution is 0.0350. The SMILES string of the molecule is CC1/C(=C/c2ccccc2)CC2C3CCc4cc(O)ccc4C3CCC12C. The minimum atomic E-state index is 0.426. The molecule has 5 unspecified atom stereocenters. The van der Waals surface area contributed by atoms with Crippen LogP contribution in [0.5, 0.6) is 5.75 Å². The van der Waals surface area contributed by atoms with E-state index in [4.69, 9.17) is 0 Å². The number of aromatic hydroxyl groups is 1. The molecule has 2 aromatic carbocycles. The van der Waals surface area contributed by atoms with Crippen LogP contribution in [0, 0.1) is 23.2 Å². The van der Waals surface area contributed by atoms with Gasteiger partial charge in [0.15, 0.2) is 0 Å². The lowest BCUT2D eigenvalue weighted by Crippen LogP contribution is -2.41. The summed E-state index contributed by atoms with van der Waals surface area (Å²) in [6, 6.07) is 17.0. The molecule has 140 valence electrons. The van der Waals surface area contributed by atoms with Crippen LogP contribution in [-0.4, -0.2) is 5.11 Å². The third-order valence-corrected chi connectivity index (χ3v) is 8.30. The van der Waals surface area contributed by atoms with E-state index in [2.05, 4.69) is 56.3 Å². The van der Waals surface area contributed by atoms with Crippen LogP contribution >= 0.6 is 0 Å². The first-order chi connectivity index (χ1) is 13.1. The van der Waals surface area contributed by atoms with Crippen molar-refractivity contribution in [3.05, 3.63) is 70.8 Å². The Labute approximate surface area is 163 Å². The van der Waals surface area contributed by atoms with Crippen LogP contribution < -0.4 is 0 Å². The Morgan fingerprint density at radius 1 is 1.07 bits per heavy atom. The van der Waals surface area contributed by atoms with E-state index in [9.17, 15) is 5.11 Å². The summed E-state index contributed by atoms with van der Waals surface area (Å²) >= 11 is 0. The molecule has 0 radical (unpaired) electrons. The van der Waals surface area contributed by atoms with Crippen molar-refractivity contribution in [3.63, 3.8) is 0 Å². The van der Waals surface area contributed by atoms with Gasteiger partial charge in [-0.15, -0.1) is 0 Å². The molecule has 27 heavy (non-hydrogen) atoms. The Balaban J connectivity index is 1.49. The highest BCUT2D eigenvalue weighted by molar-refractivity contribution is 5.55. The number of rotatable bonds is 1. The molecule has 0 bridgehead atoms. The van der Waals surface area contributed by atoms with Gasteiger partial charge in [-0.1, -0.05) is 61.9 Å². The number of allylic oxidation sites excluding steroid dienone is 1. The molecule has 5 atom stereocenters. The quantitative estimate of drug-likeness (QED) is 0.610. The molecule has 1 N–H and O–H groups in total. The van der Waals surface area contributed by atoms with Gasteiger partial charge < -0.3 is 5.11 Å². The second-order valence-electron chi connectivity index (χ2n) is 9.40. The van der Waals surface area contributed by atoms with Crippen LogP contribution in [0.25, 0.3) is 6.08 Å². The van der Waals surface area contributed by atoms with Crippen LogP contribution in [0.3, 0.4) is 0 Å². The second kappa shape index (κ2) is 6.26. The summed E-state index contributed by atoms with van der Waals surface area (Å²) < 4.78 is 0. The highest BCUT2D eigenvalue weighted by Crippen LogP contribution is 2.64. The van der Waals surface area contributed by atoms with E-state index < -0.39 is 0 Å². The fourth-order valence-corrected chi connectivity index (χ4v) is 6.64. The fraction of sp³-hybridized carbons (Fsp3) is 0.462. The predicted octanol–water partition coefficient (Wildman–Crippen LogP) is 6.58. The summed E-state index contributed by atoms with van der Waals surface area (Å²) in [4.78, 5) is 0. The Morgan fingerprint density at radius 2 is 1.89 bits per heavy atom. The van der Waals surface area contributed by atoms with E-state index in [0.717, 1.165) is 18.3 Å². The standard InChI is InChI=1S/C26H30O/c1-17-20(14-18-6-4-3-5-7-18)16-25-24-10-8-19-15-21(27)9-11-22(19)23(24)12-13-26(17,25)2/h3-7,9,11,14-15,17,23-25,27H,8,10,12-13,16H2,1-2H3/b20-14+. The first kappa shape index (κ1) is 17.1. The van der Waals surface area contributed by atoms with E-state index in [0.29, 0.717) is 23.0 Å². The normalized spacial score (nSPS) is 36.1. The van der Waals surface area contributed by atoms with Crippen molar-refractivity contribution in [3.8, 4) is 5.75 Å². The molecule has 2 fully saturated rings. The topological polar surface area (TPSA) is 20.2 Å². The summed E-state index contributed by atoms with van der Waals surface area (Å²) in [5.41, 5.74) is 6.37. The van der Waals surface area contributed by atoms with E-state index in [1.165, 1.54) is 42.4 Å². The predicted molar refractivity (Wildman–Crippen MR) is 112 cm³/mol. The van der Waals surface area contributed by atoms with E-state index >= 15 is 0 Å². The minimum absolute atomic E-state index is 0.426. The molecule has 0 saturated heterocycles. The number of fused-ring (bicyclic) bond motifs is 5. The number of hydrogen-bond acceptors (Lipinski definition) is 1. The maximum atomic E-state index is 9.88.